The van der Waals surface area contributed by atoms with Crippen LogP contribution in [-0.2, 0) is 6.42 Å². The topological polar surface area (TPSA) is 78.0 Å². The third kappa shape index (κ3) is 3.45. The van der Waals surface area contributed by atoms with Crippen molar-refractivity contribution < 1.29 is 9.90 Å². The number of carbonyl (C=O) groups excluding carboxylic acids is 1. The lowest BCUT2D eigenvalue weighted by Gasteiger charge is -2.38. The maximum absolute atomic E-state index is 12.8. The molecule has 6 heteroatoms. The number of carbonyl (C=O) groups is 1. The van der Waals surface area contributed by atoms with Crippen molar-refractivity contribution in [1.82, 2.24) is 15.3 Å². The molecule has 3 N–H and O–H groups in total. The molecule has 0 radical (unpaired) electrons. The minimum absolute atomic E-state index is 0.0670. The van der Waals surface area contributed by atoms with Crippen LogP contribution in [0.1, 0.15) is 29.0 Å². The van der Waals surface area contributed by atoms with Gasteiger partial charge in [0.1, 0.15) is 5.69 Å². The van der Waals surface area contributed by atoms with Gasteiger partial charge in [0, 0.05) is 40.3 Å². The molecule has 1 aliphatic rings. The van der Waals surface area contributed by atoms with Crippen LogP contribution in [0.2, 0.25) is 5.02 Å². The van der Waals surface area contributed by atoms with Crippen LogP contribution < -0.4 is 5.32 Å². The number of aromatic nitrogens is 2. The number of aliphatic hydroxyl groups is 1. The SMILES string of the molecule is O=C(N[C@@H](Cc1ccccn1)C1CC(O)C1)c1cc2c(Cl)cccc2[nH]1. The standard InChI is InChI=1S/C20H20ClN3O2/c21-16-5-3-6-17-15(16)11-19(23-17)20(26)24-18(12-8-14(25)9-12)10-13-4-1-2-7-22-13/h1-7,11-12,14,18,23,25H,8-10H2,(H,24,26)/t12?,14?,18-/m0/s1. The molecule has 2 heterocycles. The fourth-order valence-corrected chi connectivity index (χ4v) is 3.75. The van der Waals surface area contributed by atoms with Crippen molar-refractivity contribution in [2.24, 2.45) is 5.92 Å². The predicted octanol–water partition coefficient (Wildman–Crippen LogP) is 3.33. The molecule has 2 aromatic heterocycles. The van der Waals surface area contributed by atoms with E-state index in [2.05, 4.69) is 15.3 Å². The van der Waals surface area contributed by atoms with Crippen LogP contribution in [0, 0.1) is 5.92 Å². The lowest BCUT2D eigenvalue weighted by atomic mass is 9.76. The zero-order chi connectivity index (χ0) is 18.1. The molecule has 4 rings (SSSR count). The molecule has 1 aromatic carbocycles. The van der Waals surface area contributed by atoms with Crippen molar-refractivity contribution >= 4 is 28.4 Å². The number of aromatic amines is 1. The fraction of sp³-hybridized carbons (Fsp3) is 0.300. The van der Waals surface area contributed by atoms with Gasteiger partial charge < -0.3 is 15.4 Å². The largest absolute Gasteiger partial charge is 0.393 e. The summed E-state index contributed by atoms with van der Waals surface area (Å²) in [6.45, 7) is 0. The highest BCUT2D eigenvalue weighted by Crippen LogP contribution is 2.32. The maximum atomic E-state index is 12.8. The summed E-state index contributed by atoms with van der Waals surface area (Å²) in [6.07, 6.45) is 3.54. The molecule has 134 valence electrons. The van der Waals surface area contributed by atoms with E-state index in [-0.39, 0.29) is 24.0 Å². The number of hydrogen-bond donors (Lipinski definition) is 3. The molecule has 1 aliphatic carbocycles. The number of nitrogens with zero attached hydrogens (tertiary/aromatic N) is 1. The zero-order valence-electron chi connectivity index (χ0n) is 14.2. The Balaban J connectivity index is 1.54. The first-order valence-corrected chi connectivity index (χ1v) is 9.14. The highest BCUT2D eigenvalue weighted by atomic mass is 35.5. The maximum Gasteiger partial charge on any atom is 0.267 e. The van der Waals surface area contributed by atoms with Gasteiger partial charge in [0.2, 0.25) is 0 Å². The number of H-pyrrole nitrogens is 1. The number of nitrogens with one attached hydrogen (secondary N) is 2. The van der Waals surface area contributed by atoms with Crippen molar-refractivity contribution in [3.63, 3.8) is 0 Å². The summed E-state index contributed by atoms with van der Waals surface area (Å²) >= 11 is 6.20. The zero-order valence-corrected chi connectivity index (χ0v) is 14.9. The molecular weight excluding hydrogens is 350 g/mol. The lowest BCUT2D eigenvalue weighted by Crippen LogP contribution is -2.48. The minimum Gasteiger partial charge on any atom is -0.393 e. The number of rotatable bonds is 5. The molecule has 1 amide bonds. The summed E-state index contributed by atoms with van der Waals surface area (Å²) in [7, 11) is 0. The van der Waals surface area contributed by atoms with Gasteiger partial charge >= 0.3 is 0 Å². The van der Waals surface area contributed by atoms with Crippen molar-refractivity contribution in [1.29, 1.82) is 0 Å². The minimum atomic E-state index is -0.269. The van der Waals surface area contributed by atoms with Crippen molar-refractivity contribution in [3.05, 3.63) is 65.1 Å². The number of benzene rings is 1. The second-order valence-corrected chi connectivity index (χ2v) is 7.28. The Morgan fingerprint density at radius 2 is 2.15 bits per heavy atom. The van der Waals surface area contributed by atoms with Gasteiger partial charge in [-0.3, -0.25) is 9.78 Å². The van der Waals surface area contributed by atoms with Crippen LogP contribution in [0.4, 0.5) is 0 Å². The molecule has 5 nitrogen and oxygen atoms in total. The Morgan fingerprint density at radius 3 is 2.85 bits per heavy atom. The predicted molar refractivity (Wildman–Crippen MR) is 101 cm³/mol. The number of fused-ring (bicyclic) bond motifs is 1. The molecule has 26 heavy (non-hydrogen) atoms. The molecule has 0 spiro atoms. The van der Waals surface area contributed by atoms with E-state index in [1.54, 1.807) is 18.3 Å². The molecule has 0 aliphatic heterocycles. The average Bonchev–Trinajstić information content (AvgIpc) is 3.05. The Morgan fingerprint density at radius 1 is 1.31 bits per heavy atom. The third-order valence-electron chi connectivity index (χ3n) is 5.05. The fourth-order valence-electron chi connectivity index (χ4n) is 3.52. The van der Waals surface area contributed by atoms with Gasteiger partial charge in [0.15, 0.2) is 0 Å². The first-order chi connectivity index (χ1) is 12.6. The van der Waals surface area contributed by atoms with Crippen molar-refractivity contribution in [2.45, 2.75) is 31.4 Å². The average molecular weight is 370 g/mol. The van der Waals surface area contributed by atoms with Crippen LogP contribution in [-0.4, -0.2) is 33.1 Å². The van der Waals surface area contributed by atoms with E-state index < -0.39 is 0 Å². The van der Waals surface area contributed by atoms with Gasteiger partial charge in [-0.25, -0.2) is 0 Å². The van der Waals surface area contributed by atoms with Gasteiger partial charge in [-0.2, -0.15) is 0 Å². The number of amides is 1. The Bertz CT molecular complexity index is 919. The third-order valence-corrected chi connectivity index (χ3v) is 5.38. The molecule has 0 bridgehead atoms. The quantitative estimate of drug-likeness (QED) is 0.645. The molecule has 0 unspecified atom stereocenters. The van der Waals surface area contributed by atoms with Crippen LogP contribution in [0.5, 0.6) is 0 Å². The van der Waals surface area contributed by atoms with E-state index in [9.17, 15) is 9.90 Å². The van der Waals surface area contributed by atoms with Gasteiger partial charge in [0.25, 0.3) is 5.91 Å². The molecule has 1 atom stereocenters. The smallest absolute Gasteiger partial charge is 0.267 e. The Hall–Kier alpha value is -2.37. The second-order valence-electron chi connectivity index (χ2n) is 6.87. The summed E-state index contributed by atoms with van der Waals surface area (Å²) in [5.74, 6) is 0.0866. The number of aliphatic hydroxyl groups excluding tert-OH is 1. The highest BCUT2D eigenvalue weighted by Gasteiger charge is 2.35. The summed E-state index contributed by atoms with van der Waals surface area (Å²) < 4.78 is 0. The number of pyridine rings is 1. The van der Waals surface area contributed by atoms with Gasteiger partial charge in [0.05, 0.1) is 6.10 Å². The molecule has 1 saturated carbocycles. The van der Waals surface area contributed by atoms with Crippen molar-refractivity contribution in [3.8, 4) is 0 Å². The Labute approximate surface area is 156 Å². The van der Waals surface area contributed by atoms with Gasteiger partial charge in [-0.15, -0.1) is 0 Å². The lowest BCUT2D eigenvalue weighted by molar-refractivity contribution is 0.0237. The summed E-state index contributed by atoms with van der Waals surface area (Å²) in [6, 6.07) is 13.0. The summed E-state index contributed by atoms with van der Waals surface area (Å²) in [5.41, 5.74) is 2.25. The van der Waals surface area contributed by atoms with Crippen LogP contribution >= 0.6 is 11.6 Å². The molecule has 3 aromatic rings. The highest BCUT2D eigenvalue weighted by molar-refractivity contribution is 6.35. The van der Waals surface area contributed by atoms with Gasteiger partial charge in [-0.05, 0) is 49.1 Å². The van der Waals surface area contributed by atoms with E-state index in [1.807, 2.05) is 30.3 Å². The van der Waals surface area contributed by atoms with Crippen LogP contribution in [0.25, 0.3) is 10.9 Å². The van der Waals surface area contributed by atoms with Crippen LogP contribution in [0.15, 0.2) is 48.7 Å². The first kappa shape index (κ1) is 17.1. The van der Waals surface area contributed by atoms with E-state index in [0.29, 0.717) is 30.0 Å². The van der Waals surface area contributed by atoms with Gasteiger partial charge in [-0.1, -0.05) is 23.7 Å². The molecule has 1 fully saturated rings. The molecule has 0 saturated heterocycles. The monoisotopic (exact) mass is 369 g/mol. The Kier molecular flexibility index (Phi) is 4.66. The second kappa shape index (κ2) is 7.09. The first-order valence-electron chi connectivity index (χ1n) is 8.76. The summed E-state index contributed by atoms with van der Waals surface area (Å²) in [5, 5.41) is 14.2. The van der Waals surface area contributed by atoms with Crippen molar-refractivity contribution in [2.75, 3.05) is 0 Å². The molecular formula is C20H20ClN3O2. The van der Waals surface area contributed by atoms with E-state index in [1.165, 1.54) is 0 Å². The van der Waals surface area contributed by atoms with E-state index >= 15 is 0 Å². The number of halogens is 1. The number of hydrogen-bond acceptors (Lipinski definition) is 3. The summed E-state index contributed by atoms with van der Waals surface area (Å²) in [4.78, 5) is 20.3. The van der Waals surface area contributed by atoms with E-state index in [0.717, 1.165) is 16.6 Å². The van der Waals surface area contributed by atoms with E-state index in [4.69, 9.17) is 11.6 Å². The normalized spacial score (nSPS) is 20.5. The van der Waals surface area contributed by atoms with Crippen LogP contribution in [0.3, 0.4) is 0 Å².